The van der Waals surface area contributed by atoms with Gasteiger partial charge in [0, 0.05) is 18.0 Å². The molecule has 0 radical (unpaired) electrons. The molecule has 0 spiro atoms. The minimum Gasteiger partial charge on any atom is -0.480 e. The molecule has 0 saturated heterocycles. The first-order valence-electron chi connectivity index (χ1n) is 8.66. The molecule has 0 amide bonds. The molecule has 0 fully saturated rings. The number of carboxylic acid groups (broad SMARTS) is 1. The summed E-state index contributed by atoms with van der Waals surface area (Å²) < 4.78 is 30.4. The van der Waals surface area contributed by atoms with Gasteiger partial charge in [0.25, 0.3) is 0 Å². The Morgan fingerprint density at radius 1 is 1.26 bits per heavy atom. The van der Waals surface area contributed by atoms with Gasteiger partial charge in [0.05, 0.1) is 11.7 Å². The highest BCUT2D eigenvalue weighted by molar-refractivity contribution is 5.91. The summed E-state index contributed by atoms with van der Waals surface area (Å²) >= 11 is 0. The topological polar surface area (TPSA) is 55.1 Å². The van der Waals surface area contributed by atoms with Crippen molar-refractivity contribution in [2.24, 2.45) is 7.05 Å². The Morgan fingerprint density at radius 3 is 2.78 bits per heavy atom. The number of hydrogen-bond donors (Lipinski definition) is 1. The van der Waals surface area contributed by atoms with Crippen LogP contribution in [0.3, 0.4) is 0 Å². The first-order valence-corrected chi connectivity index (χ1v) is 8.66. The minimum atomic E-state index is -1.37. The third-order valence-electron chi connectivity index (χ3n) is 5.52. The van der Waals surface area contributed by atoms with Crippen LogP contribution in [-0.2, 0) is 17.3 Å². The molecular weight excluding hydrogens is 350 g/mol. The predicted molar refractivity (Wildman–Crippen MR) is 98.3 cm³/mol. The lowest BCUT2D eigenvalue weighted by Crippen LogP contribution is -2.32. The Hall–Kier alpha value is -3.02. The molecular formula is C21H18F2N2O2. The van der Waals surface area contributed by atoms with Gasteiger partial charge in [-0.2, -0.15) is 5.10 Å². The number of fused-ring (bicyclic) bond motifs is 1. The van der Waals surface area contributed by atoms with Gasteiger partial charge in [-0.25, -0.2) is 8.78 Å². The van der Waals surface area contributed by atoms with Crippen LogP contribution in [0.5, 0.6) is 0 Å². The Bertz CT molecular complexity index is 1120. The number of nitrogens with zero attached hydrogens (tertiary/aromatic N) is 2. The number of carbonyl (C=O) groups is 1. The minimum absolute atomic E-state index is 0.255. The third kappa shape index (κ3) is 2.55. The van der Waals surface area contributed by atoms with Crippen LogP contribution < -0.4 is 0 Å². The van der Waals surface area contributed by atoms with Crippen LogP contribution in [0.15, 0.2) is 42.6 Å². The second kappa shape index (κ2) is 6.01. The molecule has 0 bridgehead atoms. The fraction of sp³-hybridized carbons (Fsp3) is 0.238. The van der Waals surface area contributed by atoms with Crippen LogP contribution in [-0.4, -0.2) is 20.9 Å². The molecule has 0 saturated carbocycles. The monoisotopic (exact) mass is 368 g/mol. The zero-order valence-electron chi connectivity index (χ0n) is 15.0. The summed E-state index contributed by atoms with van der Waals surface area (Å²) in [6.07, 6.45) is 3.81. The largest absolute Gasteiger partial charge is 0.480 e. The van der Waals surface area contributed by atoms with Gasteiger partial charge in [-0.1, -0.05) is 18.2 Å². The first kappa shape index (κ1) is 17.4. The summed E-state index contributed by atoms with van der Waals surface area (Å²) in [5, 5.41) is 14.8. The number of aliphatic carboxylic acids is 1. The number of rotatable bonds is 3. The smallest absolute Gasteiger partial charge is 0.318 e. The average molecular weight is 368 g/mol. The third-order valence-corrected chi connectivity index (χ3v) is 5.52. The molecule has 4 rings (SSSR count). The van der Waals surface area contributed by atoms with E-state index in [2.05, 4.69) is 5.10 Å². The normalized spacial score (nSPS) is 19.5. The Balaban J connectivity index is 1.90. The molecule has 1 aliphatic rings. The molecule has 3 aromatic rings. The molecule has 1 unspecified atom stereocenters. The number of carboxylic acids is 1. The molecule has 2 aromatic carbocycles. The predicted octanol–water partition coefficient (Wildman–Crippen LogP) is 4.36. The lowest BCUT2D eigenvalue weighted by molar-refractivity contribution is -0.141. The molecule has 27 heavy (non-hydrogen) atoms. The average Bonchev–Trinajstić information content (AvgIpc) is 3.22. The van der Waals surface area contributed by atoms with Crippen molar-refractivity contribution < 1.29 is 18.7 Å². The number of aryl methyl sites for hydroxylation is 1. The molecule has 1 atom stereocenters. The van der Waals surface area contributed by atoms with E-state index in [0.29, 0.717) is 34.1 Å². The summed E-state index contributed by atoms with van der Waals surface area (Å²) in [7, 11) is 1.77. The zero-order valence-corrected chi connectivity index (χ0v) is 15.0. The van der Waals surface area contributed by atoms with E-state index in [4.69, 9.17) is 0 Å². The summed E-state index contributed by atoms with van der Waals surface area (Å²) in [6.45, 7) is 1.57. The maximum atomic E-state index is 14.7. The van der Waals surface area contributed by atoms with Gasteiger partial charge in [0.1, 0.15) is 17.0 Å². The van der Waals surface area contributed by atoms with Crippen LogP contribution in [0, 0.1) is 18.6 Å². The molecule has 1 aromatic heterocycles. The summed E-state index contributed by atoms with van der Waals surface area (Å²) in [6, 6.07) is 7.56. The molecule has 0 aliphatic heterocycles. The van der Waals surface area contributed by atoms with E-state index in [0.717, 1.165) is 5.52 Å². The molecule has 6 heteroatoms. The van der Waals surface area contributed by atoms with E-state index >= 15 is 0 Å². The maximum absolute atomic E-state index is 14.7. The Morgan fingerprint density at radius 2 is 2.04 bits per heavy atom. The van der Waals surface area contributed by atoms with E-state index in [1.54, 1.807) is 43.1 Å². The van der Waals surface area contributed by atoms with E-state index in [1.165, 1.54) is 18.2 Å². The van der Waals surface area contributed by atoms with Crippen LogP contribution in [0.1, 0.15) is 29.5 Å². The highest BCUT2D eigenvalue weighted by atomic mass is 19.1. The quantitative estimate of drug-likeness (QED) is 0.747. The van der Waals surface area contributed by atoms with Gasteiger partial charge < -0.3 is 5.11 Å². The second-order valence-corrected chi connectivity index (χ2v) is 7.02. The van der Waals surface area contributed by atoms with E-state index in [9.17, 15) is 18.7 Å². The van der Waals surface area contributed by atoms with Crippen LogP contribution >= 0.6 is 0 Å². The summed E-state index contributed by atoms with van der Waals surface area (Å²) in [5.41, 5.74) is 1.09. The second-order valence-electron chi connectivity index (χ2n) is 7.02. The number of hydrogen-bond acceptors (Lipinski definition) is 2. The molecule has 1 aliphatic carbocycles. The fourth-order valence-electron chi connectivity index (χ4n) is 3.99. The highest BCUT2D eigenvalue weighted by Crippen LogP contribution is 2.45. The van der Waals surface area contributed by atoms with Gasteiger partial charge in [0.15, 0.2) is 0 Å². The zero-order chi connectivity index (χ0) is 19.3. The first-order chi connectivity index (χ1) is 12.8. The van der Waals surface area contributed by atoms with Crippen molar-refractivity contribution in [3.8, 4) is 0 Å². The van der Waals surface area contributed by atoms with Crippen molar-refractivity contribution in [1.82, 2.24) is 9.78 Å². The van der Waals surface area contributed by atoms with Crippen LogP contribution in [0.4, 0.5) is 8.78 Å². The van der Waals surface area contributed by atoms with Gasteiger partial charge in [-0.3, -0.25) is 9.48 Å². The van der Waals surface area contributed by atoms with Gasteiger partial charge in [-0.05, 0) is 54.7 Å². The van der Waals surface area contributed by atoms with Gasteiger partial charge in [-0.15, -0.1) is 0 Å². The van der Waals surface area contributed by atoms with E-state index in [-0.39, 0.29) is 6.42 Å². The van der Waals surface area contributed by atoms with Crippen molar-refractivity contribution in [2.75, 3.05) is 0 Å². The lowest BCUT2D eigenvalue weighted by atomic mass is 9.78. The summed E-state index contributed by atoms with van der Waals surface area (Å²) in [4.78, 5) is 12.2. The molecule has 1 heterocycles. The number of allylic oxidation sites excluding steroid dienone is 1. The molecule has 4 nitrogen and oxygen atoms in total. The highest BCUT2D eigenvalue weighted by Gasteiger charge is 2.44. The van der Waals surface area contributed by atoms with Gasteiger partial charge in [0.2, 0.25) is 0 Å². The van der Waals surface area contributed by atoms with Crippen molar-refractivity contribution in [2.45, 2.75) is 25.2 Å². The summed E-state index contributed by atoms with van der Waals surface area (Å²) in [5.74, 6) is -1.93. The van der Waals surface area contributed by atoms with Crippen molar-refractivity contribution in [3.05, 3.63) is 70.9 Å². The van der Waals surface area contributed by atoms with E-state index < -0.39 is 23.0 Å². The van der Waals surface area contributed by atoms with Crippen LogP contribution in [0.25, 0.3) is 16.5 Å². The number of benzene rings is 2. The van der Waals surface area contributed by atoms with Crippen molar-refractivity contribution in [3.63, 3.8) is 0 Å². The number of halogens is 2. The SMILES string of the molecule is Cc1c(F)cccc1C1(C(=O)O)C=C(c2cc3c(cnn3C)cc2F)CC1. The fourth-order valence-corrected chi connectivity index (χ4v) is 3.99. The van der Waals surface area contributed by atoms with E-state index in [1.807, 2.05) is 0 Å². The van der Waals surface area contributed by atoms with Gasteiger partial charge >= 0.3 is 5.97 Å². The number of aromatic nitrogens is 2. The molecule has 138 valence electrons. The Labute approximate surface area is 154 Å². The van der Waals surface area contributed by atoms with Crippen molar-refractivity contribution >= 4 is 22.4 Å². The standard InChI is InChI=1S/C21H18F2N2O2/c1-12-16(4-3-5-17(12)22)21(20(26)27)7-6-13(10-21)15-9-19-14(8-18(15)23)11-24-25(19)2/h3-5,8-11H,6-7H2,1-2H3,(H,26,27). The maximum Gasteiger partial charge on any atom is 0.318 e. The molecule has 1 N–H and O–H groups in total. The van der Waals surface area contributed by atoms with Crippen molar-refractivity contribution in [1.29, 1.82) is 0 Å². The lowest BCUT2D eigenvalue weighted by Gasteiger charge is -2.24. The Kier molecular flexibility index (Phi) is 3.87. The van der Waals surface area contributed by atoms with Crippen LogP contribution in [0.2, 0.25) is 0 Å².